The zero-order chi connectivity index (χ0) is 14.9. The minimum absolute atomic E-state index is 0.386. The molecule has 1 heterocycles. The van der Waals surface area contributed by atoms with Crippen molar-refractivity contribution in [3.63, 3.8) is 0 Å². The van der Waals surface area contributed by atoms with Crippen molar-refractivity contribution >= 4 is 17.3 Å². The van der Waals surface area contributed by atoms with E-state index in [4.69, 9.17) is 5.73 Å². The second kappa shape index (κ2) is 5.62. The zero-order valence-corrected chi connectivity index (χ0v) is 10.9. The van der Waals surface area contributed by atoms with Gasteiger partial charge in [-0.1, -0.05) is 0 Å². The predicted molar refractivity (Wildman–Crippen MR) is 68.7 cm³/mol. The molecule has 0 radical (unpaired) electrons. The van der Waals surface area contributed by atoms with Crippen LogP contribution < -0.4 is 10.7 Å². The minimum Gasteiger partial charge on any atom is -0.330 e. The van der Waals surface area contributed by atoms with E-state index in [0.29, 0.717) is 37.2 Å². The van der Waals surface area contributed by atoms with Gasteiger partial charge >= 0.3 is 0 Å². The number of anilines is 1. The van der Waals surface area contributed by atoms with Crippen molar-refractivity contribution in [3.8, 4) is 0 Å². The molecule has 1 aliphatic rings. The first-order valence-electron chi connectivity index (χ1n) is 6.19. The number of hydrogen-bond donors (Lipinski definition) is 1. The molecule has 1 aromatic rings. The molecular formula is C13H14F3N3O. The van der Waals surface area contributed by atoms with Crippen LogP contribution in [0, 0.1) is 23.4 Å². The number of hydrogen-bond acceptors (Lipinski definition) is 3. The molecule has 1 aromatic carbocycles. The lowest BCUT2D eigenvalue weighted by molar-refractivity contribution is -0.119. The van der Waals surface area contributed by atoms with Gasteiger partial charge in [0.2, 0.25) is 0 Å². The molecule has 20 heavy (non-hydrogen) atoms. The molecule has 2 rings (SSSR count). The van der Waals surface area contributed by atoms with Crippen LogP contribution in [0.4, 0.5) is 18.9 Å². The fraction of sp³-hybridized carbons (Fsp3) is 0.385. The molecule has 1 unspecified atom stereocenters. The number of nitrogens with zero attached hydrogens (tertiary/aromatic N) is 2. The molecule has 4 nitrogen and oxygen atoms in total. The van der Waals surface area contributed by atoms with Gasteiger partial charge in [0.15, 0.2) is 17.5 Å². The number of benzene rings is 1. The van der Waals surface area contributed by atoms with Crippen molar-refractivity contribution in [1.82, 2.24) is 0 Å². The normalized spacial score (nSPS) is 18.6. The molecule has 0 saturated carbocycles. The lowest BCUT2D eigenvalue weighted by Gasteiger charge is -2.15. The van der Waals surface area contributed by atoms with Gasteiger partial charge in [-0.2, -0.15) is 10.1 Å². The quantitative estimate of drug-likeness (QED) is 0.862. The summed E-state index contributed by atoms with van der Waals surface area (Å²) in [7, 11) is 0. The zero-order valence-electron chi connectivity index (χ0n) is 10.9. The van der Waals surface area contributed by atoms with Crippen LogP contribution in [0.1, 0.15) is 19.8 Å². The van der Waals surface area contributed by atoms with E-state index in [2.05, 4.69) is 5.10 Å². The highest BCUT2D eigenvalue weighted by Gasteiger charge is 2.35. The first-order chi connectivity index (χ1) is 9.45. The van der Waals surface area contributed by atoms with Crippen LogP contribution in [0.25, 0.3) is 0 Å². The van der Waals surface area contributed by atoms with E-state index in [1.54, 1.807) is 6.92 Å². The Kier molecular flexibility index (Phi) is 4.08. The van der Waals surface area contributed by atoms with Gasteiger partial charge in [-0.15, -0.1) is 0 Å². The average molecular weight is 285 g/mol. The van der Waals surface area contributed by atoms with E-state index >= 15 is 0 Å². The summed E-state index contributed by atoms with van der Waals surface area (Å²) in [5.41, 5.74) is 5.51. The number of rotatable bonds is 4. The van der Waals surface area contributed by atoms with Crippen molar-refractivity contribution in [2.75, 3.05) is 11.6 Å². The van der Waals surface area contributed by atoms with Crippen molar-refractivity contribution in [1.29, 1.82) is 0 Å². The number of nitrogens with two attached hydrogens (primary N) is 1. The third-order valence-corrected chi connectivity index (χ3v) is 3.18. The molecule has 0 fully saturated rings. The van der Waals surface area contributed by atoms with Gasteiger partial charge in [-0.25, -0.2) is 13.2 Å². The Morgan fingerprint density at radius 2 is 1.90 bits per heavy atom. The number of hydrazone groups is 1. The Bertz CT molecular complexity index is 574. The van der Waals surface area contributed by atoms with E-state index in [9.17, 15) is 18.0 Å². The third-order valence-electron chi connectivity index (χ3n) is 3.18. The topological polar surface area (TPSA) is 58.7 Å². The molecule has 1 amide bonds. The second-order valence-electron chi connectivity index (χ2n) is 4.59. The van der Waals surface area contributed by atoms with Crippen LogP contribution in [-0.4, -0.2) is 18.2 Å². The maximum atomic E-state index is 13.7. The van der Waals surface area contributed by atoms with Crippen molar-refractivity contribution in [2.24, 2.45) is 16.8 Å². The van der Waals surface area contributed by atoms with Crippen LogP contribution in [0.2, 0.25) is 0 Å². The Morgan fingerprint density at radius 3 is 2.55 bits per heavy atom. The number of halogens is 3. The highest BCUT2D eigenvalue weighted by Crippen LogP contribution is 2.29. The van der Waals surface area contributed by atoms with Gasteiger partial charge in [0.1, 0.15) is 5.69 Å². The van der Waals surface area contributed by atoms with E-state index in [1.807, 2.05) is 0 Å². The van der Waals surface area contributed by atoms with Gasteiger partial charge < -0.3 is 5.73 Å². The fourth-order valence-electron chi connectivity index (χ4n) is 2.10. The van der Waals surface area contributed by atoms with E-state index in [1.165, 1.54) is 0 Å². The Balaban J connectivity index is 2.31. The Morgan fingerprint density at radius 1 is 1.25 bits per heavy atom. The predicted octanol–water partition coefficient (Wildman–Crippen LogP) is 2.18. The Labute approximate surface area is 114 Å². The molecule has 0 saturated heterocycles. The van der Waals surface area contributed by atoms with E-state index in [-0.39, 0.29) is 5.69 Å². The van der Waals surface area contributed by atoms with Gasteiger partial charge in [0.05, 0.1) is 5.92 Å². The minimum atomic E-state index is -1.31. The lowest BCUT2D eigenvalue weighted by atomic mass is 9.98. The van der Waals surface area contributed by atoms with Gasteiger partial charge in [-0.05, 0) is 26.3 Å². The summed E-state index contributed by atoms with van der Waals surface area (Å²) in [5.74, 6) is -4.52. The number of carbonyl (C=O) groups is 1. The smallest absolute Gasteiger partial charge is 0.256 e. The summed E-state index contributed by atoms with van der Waals surface area (Å²) in [6, 6.07) is 1.03. The van der Waals surface area contributed by atoms with E-state index in [0.717, 1.165) is 5.01 Å². The summed E-state index contributed by atoms with van der Waals surface area (Å²) in [4.78, 5) is 12.2. The molecule has 0 bridgehead atoms. The van der Waals surface area contributed by atoms with Crippen molar-refractivity contribution < 1.29 is 18.0 Å². The lowest BCUT2D eigenvalue weighted by Crippen LogP contribution is -2.28. The molecule has 108 valence electrons. The number of carbonyl (C=O) groups excluding carboxylic acids is 1. The summed E-state index contributed by atoms with van der Waals surface area (Å²) in [6.07, 6.45) is 1.11. The molecule has 2 N–H and O–H groups in total. The molecule has 0 aromatic heterocycles. The summed E-state index contributed by atoms with van der Waals surface area (Å²) in [5, 5.41) is 4.72. The highest BCUT2D eigenvalue weighted by molar-refractivity contribution is 6.14. The maximum Gasteiger partial charge on any atom is 0.256 e. The van der Waals surface area contributed by atoms with Crippen LogP contribution >= 0.6 is 0 Å². The molecule has 1 atom stereocenters. The summed E-state index contributed by atoms with van der Waals surface area (Å²) in [6.45, 7) is 2.06. The molecule has 1 aliphatic heterocycles. The van der Waals surface area contributed by atoms with Gasteiger partial charge in [-0.3, -0.25) is 4.79 Å². The SMILES string of the molecule is CC1=NN(c2cc(F)c(F)cc2F)C(=O)C1CCCN. The molecule has 0 spiro atoms. The number of amides is 1. The first kappa shape index (κ1) is 14.5. The van der Waals surface area contributed by atoms with Crippen LogP contribution in [-0.2, 0) is 4.79 Å². The van der Waals surface area contributed by atoms with Crippen molar-refractivity contribution in [2.45, 2.75) is 19.8 Å². The average Bonchev–Trinajstić information content (AvgIpc) is 2.67. The van der Waals surface area contributed by atoms with Gasteiger partial charge in [0, 0.05) is 17.8 Å². The summed E-state index contributed by atoms with van der Waals surface area (Å²) < 4.78 is 39.8. The molecule has 7 heteroatoms. The highest BCUT2D eigenvalue weighted by atomic mass is 19.2. The molecule has 0 aliphatic carbocycles. The van der Waals surface area contributed by atoms with Crippen LogP contribution in [0.15, 0.2) is 17.2 Å². The third kappa shape index (κ3) is 2.53. The van der Waals surface area contributed by atoms with E-state index < -0.39 is 29.3 Å². The first-order valence-corrected chi connectivity index (χ1v) is 6.19. The summed E-state index contributed by atoms with van der Waals surface area (Å²) >= 11 is 0. The Hall–Kier alpha value is -1.89. The standard InChI is InChI=1S/C13H14F3N3O/c1-7-8(3-2-4-17)13(20)19(18-7)12-6-10(15)9(14)5-11(12)16/h5-6,8H,2-4,17H2,1H3. The van der Waals surface area contributed by atoms with Gasteiger partial charge in [0.25, 0.3) is 5.91 Å². The van der Waals surface area contributed by atoms with Crippen LogP contribution in [0.5, 0.6) is 0 Å². The largest absolute Gasteiger partial charge is 0.330 e. The second-order valence-corrected chi connectivity index (χ2v) is 4.59. The fourth-order valence-corrected chi connectivity index (χ4v) is 2.10. The molecular weight excluding hydrogens is 271 g/mol. The maximum absolute atomic E-state index is 13.7. The van der Waals surface area contributed by atoms with Crippen LogP contribution in [0.3, 0.4) is 0 Å². The monoisotopic (exact) mass is 285 g/mol. The van der Waals surface area contributed by atoms with Crippen molar-refractivity contribution in [3.05, 3.63) is 29.6 Å².